The molecule has 3 aromatic rings. The van der Waals surface area contributed by atoms with Gasteiger partial charge in [0.15, 0.2) is 11.4 Å². The topological polar surface area (TPSA) is 49.2 Å². The summed E-state index contributed by atoms with van der Waals surface area (Å²) in [6.45, 7) is 0.506. The normalized spacial score (nSPS) is 12.3. The van der Waals surface area contributed by atoms with E-state index in [-0.39, 0.29) is 16.3 Å². The third-order valence-corrected chi connectivity index (χ3v) is 5.76. The second-order valence-corrected chi connectivity index (χ2v) is 7.70. The molecule has 1 aromatic carbocycles. The predicted octanol–water partition coefficient (Wildman–Crippen LogP) is 5.79. The fourth-order valence-corrected chi connectivity index (χ4v) is 4.03. The predicted molar refractivity (Wildman–Crippen MR) is 105 cm³/mol. The number of nitrogens with zero attached hydrogens (tertiary/aromatic N) is 3. The van der Waals surface area contributed by atoms with E-state index in [0.717, 1.165) is 24.0 Å². The molecule has 0 aliphatic heterocycles. The van der Waals surface area contributed by atoms with Crippen LogP contribution in [-0.4, -0.2) is 35.0 Å². The van der Waals surface area contributed by atoms with Crippen molar-refractivity contribution in [2.75, 3.05) is 14.2 Å². The Kier molecular flexibility index (Phi) is 7.22. The van der Waals surface area contributed by atoms with Crippen LogP contribution in [0.25, 0.3) is 11.0 Å². The number of rotatable bonds is 8. The molecule has 0 saturated carbocycles. The van der Waals surface area contributed by atoms with E-state index >= 15 is 0 Å². The number of imidazole rings is 1. The molecule has 162 valence electrons. The van der Waals surface area contributed by atoms with Crippen LogP contribution >= 0.6 is 23.4 Å². The van der Waals surface area contributed by atoms with Crippen molar-refractivity contribution < 1.29 is 27.0 Å². The largest absolute Gasteiger partial charge is 0.417 e. The van der Waals surface area contributed by atoms with Crippen LogP contribution in [0.1, 0.15) is 18.4 Å². The fraction of sp³-hybridized carbons (Fsp3) is 0.368. The maximum Gasteiger partial charge on any atom is 0.417 e. The summed E-state index contributed by atoms with van der Waals surface area (Å²) in [7, 11) is 3.09. The van der Waals surface area contributed by atoms with E-state index in [1.165, 1.54) is 12.1 Å². The van der Waals surface area contributed by atoms with Crippen LogP contribution in [0.4, 0.5) is 17.6 Å². The van der Waals surface area contributed by atoms with Gasteiger partial charge in [-0.05, 0) is 36.4 Å². The molecule has 0 spiro atoms. The Morgan fingerprint density at radius 3 is 2.57 bits per heavy atom. The number of pyridine rings is 1. The second-order valence-electron chi connectivity index (χ2n) is 6.33. The smallest absolute Gasteiger partial charge is 0.356 e. The Morgan fingerprint density at radius 2 is 1.93 bits per heavy atom. The number of hydrogen-bond acceptors (Lipinski definition) is 5. The first-order chi connectivity index (χ1) is 14.2. The maximum atomic E-state index is 13.6. The first-order valence-electron chi connectivity index (χ1n) is 8.85. The van der Waals surface area contributed by atoms with E-state index in [1.807, 2.05) is 4.57 Å². The van der Waals surface area contributed by atoms with Gasteiger partial charge in [0, 0.05) is 39.4 Å². The molecule has 0 fully saturated rings. The molecule has 0 atom stereocenters. The highest BCUT2D eigenvalue weighted by Gasteiger charge is 2.31. The van der Waals surface area contributed by atoms with Gasteiger partial charge in [0.1, 0.15) is 10.8 Å². The lowest BCUT2D eigenvalue weighted by atomic mass is 10.2. The number of benzene rings is 1. The van der Waals surface area contributed by atoms with Crippen molar-refractivity contribution in [1.29, 1.82) is 0 Å². The van der Waals surface area contributed by atoms with Crippen LogP contribution in [-0.2, 0) is 22.2 Å². The van der Waals surface area contributed by atoms with Gasteiger partial charge < -0.3 is 14.0 Å². The molecule has 5 nitrogen and oxygen atoms in total. The van der Waals surface area contributed by atoms with E-state index in [1.54, 1.807) is 20.3 Å². The molecule has 0 radical (unpaired) electrons. The lowest BCUT2D eigenvalue weighted by Crippen LogP contribution is -2.14. The molecule has 0 N–H and O–H groups in total. The third kappa shape index (κ3) is 5.23. The number of aryl methyl sites for hydroxylation is 1. The SMILES string of the molecule is COC(CCCn1c(Sc2ncc(C(F)(F)F)cc2Cl)nc2cc(F)ccc21)OC. The van der Waals surface area contributed by atoms with Gasteiger partial charge in [-0.15, -0.1) is 0 Å². The van der Waals surface area contributed by atoms with Crippen LogP contribution in [0.3, 0.4) is 0 Å². The summed E-state index contributed by atoms with van der Waals surface area (Å²) in [6, 6.07) is 5.05. The van der Waals surface area contributed by atoms with Crippen molar-refractivity contribution in [1.82, 2.24) is 14.5 Å². The standard InChI is InChI=1S/C19H18ClF4N3O2S/c1-28-16(29-2)4-3-7-27-15-6-5-12(21)9-14(15)26-18(27)30-17-13(20)8-11(10-25-17)19(22,23)24/h5-6,8-10,16H,3-4,7H2,1-2H3. The van der Waals surface area contributed by atoms with Crippen LogP contribution in [0.5, 0.6) is 0 Å². The molecule has 30 heavy (non-hydrogen) atoms. The first kappa shape index (κ1) is 22.8. The van der Waals surface area contributed by atoms with Crippen LogP contribution in [0, 0.1) is 5.82 Å². The average Bonchev–Trinajstić information content (AvgIpc) is 3.02. The number of aromatic nitrogens is 3. The highest BCUT2D eigenvalue weighted by molar-refractivity contribution is 7.99. The number of hydrogen-bond donors (Lipinski definition) is 0. The maximum absolute atomic E-state index is 13.6. The zero-order chi connectivity index (χ0) is 21.9. The lowest BCUT2D eigenvalue weighted by molar-refractivity contribution is -0.137. The molecule has 2 aromatic heterocycles. The third-order valence-electron chi connectivity index (χ3n) is 4.35. The summed E-state index contributed by atoms with van der Waals surface area (Å²) in [6.07, 6.45) is -2.90. The Morgan fingerprint density at radius 1 is 1.20 bits per heavy atom. The van der Waals surface area contributed by atoms with Gasteiger partial charge in [-0.2, -0.15) is 13.2 Å². The highest BCUT2D eigenvalue weighted by Crippen LogP contribution is 2.37. The molecule has 0 aliphatic carbocycles. The van der Waals surface area contributed by atoms with Crippen molar-refractivity contribution in [2.45, 2.75) is 42.0 Å². The molecule has 0 bridgehead atoms. The zero-order valence-electron chi connectivity index (χ0n) is 16.0. The summed E-state index contributed by atoms with van der Waals surface area (Å²) < 4.78 is 64.4. The van der Waals surface area contributed by atoms with Crippen molar-refractivity contribution in [3.05, 3.63) is 46.9 Å². The molecule has 0 unspecified atom stereocenters. The van der Waals surface area contributed by atoms with E-state index in [9.17, 15) is 17.6 Å². The molecular formula is C19H18ClF4N3O2S. The summed E-state index contributed by atoms with van der Waals surface area (Å²) in [5, 5.41) is 0.475. The molecule has 0 saturated heterocycles. The number of halogens is 5. The molecule has 0 aliphatic rings. The monoisotopic (exact) mass is 463 g/mol. The van der Waals surface area contributed by atoms with E-state index < -0.39 is 17.6 Å². The van der Waals surface area contributed by atoms with Gasteiger partial charge in [-0.1, -0.05) is 11.6 Å². The minimum absolute atomic E-state index is 0.140. The minimum Gasteiger partial charge on any atom is -0.356 e. The van der Waals surface area contributed by atoms with Crippen LogP contribution in [0.15, 0.2) is 40.6 Å². The molecule has 11 heteroatoms. The molecule has 0 amide bonds. The van der Waals surface area contributed by atoms with E-state index in [0.29, 0.717) is 35.6 Å². The molecule has 3 rings (SSSR count). The van der Waals surface area contributed by atoms with Crippen molar-refractivity contribution >= 4 is 34.4 Å². The van der Waals surface area contributed by atoms with Crippen LogP contribution in [0.2, 0.25) is 5.02 Å². The summed E-state index contributed by atoms with van der Waals surface area (Å²) in [5.74, 6) is -0.437. The van der Waals surface area contributed by atoms with Crippen molar-refractivity contribution in [2.24, 2.45) is 0 Å². The summed E-state index contributed by atoms with van der Waals surface area (Å²) in [5.41, 5.74) is 0.182. The fourth-order valence-electron chi connectivity index (χ4n) is 2.86. The van der Waals surface area contributed by atoms with Crippen molar-refractivity contribution in [3.63, 3.8) is 0 Å². The van der Waals surface area contributed by atoms with Crippen molar-refractivity contribution in [3.8, 4) is 0 Å². The average molecular weight is 464 g/mol. The lowest BCUT2D eigenvalue weighted by Gasteiger charge is -2.14. The summed E-state index contributed by atoms with van der Waals surface area (Å²) in [4.78, 5) is 8.27. The molecule has 2 heterocycles. The number of methoxy groups -OCH3 is 2. The van der Waals surface area contributed by atoms with E-state index in [4.69, 9.17) is 21.1 Å². The van der Waals surface area contributed by atoms with Gasteiger partial charge >= 0.3 is 6.18 Å². The highest BCUT2D eigenvalue weighted by atomic mass is 35.5. The zero-order valence-corrected chi connectivity index (χ0v) is 17.6. The van der Waals surface area contributed by atoms with Crippen LogP contribution < -0.4 is 0 Å². The molecular weight excluding hydrogens is 446 g/mol. The Balaban J connectivity index is 1.91. The Labute approximate surface area is 179 Å². The van der Waals surface area contributed by atoms with Gasteiger partial charge in [-0.3, -0.25) is 0 Å². The number of alkyl halides is 3. The van der Waals surface area contributed by atoms with Gasteiger partial charge in [-0.25, -0.2) is 14.4 Å². The van der Waals surface area contributed by atoms with E-state index in [2.05, 4.69) is 9.97 Å². The quantitative estimate of drug-likeness (QED) is 0.312. The number of ether oxygens (including phenoxy) is 2. The van der Waals surface area contributed by atoms with Gasteiger partial charge in [0.05, 0.1) is 21.6 Å². The van der Waals surface area contributed by atoms with Gasteiger partial charge in [0.2, 0.25) is 0 Å². The Hall–Kier alpha value is -1.88. The van der Waals surface area contributed by atoms with Gasteiger partial charge in [0.25, 0.3) is 0 Å². The first-order valence-corrected chi connectivity index (χ1v) is 10.0. The number of fused-ring (bicyclic) bond motifs is 1. The Bertz CT molecular complexity index is 1020. The summed E-state index contributed by atoms with van der Waals surface area (Å²) >= 11 is 7.05. The minimum atomic E-state index is -4.54. The second kappa shape index (κ2) is 9.51.